The van der Waals surface area contributed by atoms with Crippen LogP contribution < -0.4 is 29.6 Å². The van der Waals surface area contributed by atoms with Crippen LogP contribution in [-0.4, -0.2) is 0 Å². The second kappa shape index (κ2) is 4.79. The third-order valence-electron chi connectivity index (χ3n) is 0.303. The van der Waals surface area contributed by atoms with E-state index in [1.165, 1.54) is 23.3 Å². The summed E-state index contributed by atoms with van der Waals surface area (Å²) >= 11 is 0. The fraction of sp³-hybridized carbons (Fsp3) is 0. The fourth-order valence-electron chi connectivity index (χ4n) is 0.149. The van der Waals surface area contributed by atoms with Gasteiger partial charge in [-0.15, -0.1) is 11.6 Å². The molecule has 0 amide bonds. The molecule has 0 saturated heterocycles. The normalized spacial score (nSPS) is 10.7. The third-order valence-corrected chi connectivity index (χ3v) is 4.59. The molecule has 0 aliphatic rings. The van der Waals surface area contributed by atoms with Crippen LogP contribution in [0, 0.1) is 0 Å². The van der Waals surface area contributed by atoms with Crippen LogP contribution in [0.4, 0.5) is 0 Å². The fourth-order valence-corrected chi connectivity index (χ4v) is 4.02. The Hall–Kier alpha value is 1.64. The molecule has 26 valence electrons. The average molecular weight is 142 g/mol. The summed E-state index contributed by atoms with van der Waals surface area (Å²) in [6.45, 7) is 0. The summed E-state index contributed by atoms with van der Waals surface area (Å²) < 4.78 is 0. The van der Waals surface area contributed by atoms with Crippen molar-refractivity contribution in [3.8, 4) is 0 Å². The molecule has 0 atom stereocenters. The molecule has 6 heavy (non-hydrogen) atoms. The van der Waals surface area contributed by atoms with Crippen molar-refractivity contribution in [2.24, 2.45) is 0 Å². The van der Waals surface area contributed by atoms with E-state index < -0.39 is 0 Å². The minimum Gasteiger partial charge on any atom is -0.282 e. The predicted octanol–water partition coefficient (Wildman–Crippen LogP) is 0.150. The molecule has 1 aromatic heterocycles. The van der Waals surface area contributed by atoms with Gasteiger partial charge in [-0.25, -0.2) is 7.55 Å². The topological polar surface area (TPSA) is 0 Å². The SMILES string of the molecule is [Na+].c1c[p-]pp1. The van der Waals surface area contributed by atoms with Gasteiger partial charge >= 0.3 is 29.6 Å². The average Bonchev–Trinajstić information content (AvgIpc) is 1.76. The second-order valence-corrected chi connectivity index (χ2v) is 5.39. The van der Waals surface area contributed by atoms with Crippen LogP contribution in [-0.2, 0) is 0 Å². The van der Waals surface area contributed by atoms with Crippen molar-refractivity contribution in [3.05, 3.63) is 11.6 Å². The van der Waals surface area contributed by atoms with Crippen molar-refractivity contribution < 1.29 is 29.6 Å². The Morgan fingerprint density at radius 1 is 1.50 bits per heavy atom. The van der Waals surface area contributed by atoms with Crippen LogP contribution >= 0.6 is 23.3 Å². The number of hydrogen-bond donors (Lipinski definition) is 0. The van der Waals surface area contributed by atoms with E-state index in [0.29, 0.717) is 0 Å². The van der Waals surface area contributed by atoms with Gasteiger partial charge in [-0.1, -0.05) is 0 Å². The third kappa shape index (κ3) is 2.75. The maximum absolute atomic E-state index is 2.18. The summed E-state index contributed by atoms with van der Waals surface area (Å²) in [4.78, 5) is 0. The largest absolute Gasteiger partial charge is 1.00 e. The van der Waals surface area contributed by atoms with Gasteiger partial charge in [0.15, 0.2) is 0 Å². The molecule has 0 spiro atoms. The van der Waals surface area contributed by atoms with Gasteiger partial charge < -0.3 is 0 Å². The van der Waals surface area contributed by atoms with Gasteiger partial charge in [-0.05, 0) is 0 Å². The zero-order valence-electron chi connectivity index (χ0n) is 3.50. The predicted molar refractivity (Wildman–Crippen MR) is 29.6 cm³/mol. The Labute approximate surface area is 64.1 Å². The molecule has 0 aliphatic heterocycles. The van der Waals surface area contributed by atoms with Gasteiger partial charge in [-0.2, -0.15) is 0 Å². The minimum atomic E-state index is 0. The van der Waals surface area contributed by atoms with E-state index in [0.717, 1.165) is 0 Å². The summed E-state index contributed by atoms with van der Waals surface area (Å²) in [6.07, 6.45) is 0. The molecule has 0 bridgehead atoms. The van der Waals surface area contributed by atoms with Crippen LogP contribution in [0.3, 0.4) is 0 Å². The molecule has 0 nitrogen and oxygen atoms in total. The van der Waals surface area contributed by atoms with Gasteiger partial charge in [0.1, 0.15) is 0 Å². The van der Waals surface area contributed by atoms with Crippen molar-refractivity contribution in [1.82, 2.24) is 0 Å². The Kier molecular flexibility index (Phi) is 6.10. The van der Waals surface area contributed by atoms with Crippen LogP contribution in [0.2, 0.25) is 0 Å². The number of hydrogen-bond acceptors (Lipinski definition) is 0. The molecule has 4 heteroatoms. The Balaban J connectivity index is 0.000000250. The van der Waals surface area contributed by atoms with E-state index in [1.807, 2.05) is 0 Å². The van der Waals surface area contributed by atoms with Crippen molar-refractivity contribution in [2.45, 2.75) is 0 Å². The first-order valence-corrected chi connectivity index (χ1v) is 5.48. The molecule has 1 aromatic rings. The zero-order chi connectivity index (χ0) is 3.54. The van der Waals surface area contributed by atoms with Crippen LogP contribution in [0.25, 0.3) is 0 Å². The smallest absolute Gasteiger partial charge is 0.282 e. The van der Waals surface area contributed by atoms with E-state index in [2.05, 4.69) is 11.6 Å². The van der Waals surface area contributed by atoms with E-state index in [4.69, 9.17) is 0 Å². The summed E-state index contributed by atoms with van der Waals surface area (Å²) in [5.41, 5.74) is 0. The van der Waals surface area contributed by atoms with Crippen LogP contribution in [0.5, 0.6) is 0 Å². The quantitative estimate of drug-likeness (QED) is 0.452. The van der Waals surface area contributed by atoms with Gasteiger partial charge in [0.25, 0.3) is 0 Å². The van der Waals surface area contributed by atoms with E-state index >= 15 is 0 Å². The number of rotatable bonds is 0. The van der Waals surface area contributed by atoms with Crippen molar-refractivity contribution in [2.75, 3.05) is 0 Å². The standard InChI is InChI=1S/C2H2P3.Na/c1-2-4-5-3-1;/h1-2H;/q-1;+1. The van der Waals surface area contributed by atoms with Crippen molar-refractivity contribution in [3.63, 3.8) is 0 Å². The minimum absolute atomic E-state index is 0. The molecule has 1 heterocycles. The molecule has 0 aliphatic carbocycles. The zero-order valence-corrected chi connectivity index (χ0v) is 8.18. The van der Waals surface area contributed by atoms with Gasteiger partial charge in [0.05, 0.1) is 0 Å². The second-order valence-electron chi connectivity index (χ2n) is 0.619. The summed E-state index contributed by atoms with van der Waals surface area (Å²) in [6, 6.07) is 0. The molecule has 0 aromatic carbocycles. The molecular formula is C2H2NaP3. The molecule has 0 saturated carbocycles. The van der Waals surface area contributed by atoms with Crippen LogP contribution in [0.1, 0.15) is 0 Å². The van der Waals surface area contributed by atoms with Gasteiger partial charge in [0.2, 0.25) is 0 Å². The Morgan fingerprint density at radius 3 is 2.50 bits per heavy atom. The van der Waals surface area contributed by atoms with E-state index in [1.54, 1.807) is 0 Å². The summed E-state index contributed by atoms with van der Waals surface area (Å²) in [5.74, 6) is 4.37. The molecule has 0 radical (unpaired) electrons. The van der Waals surface area contributed by atoms with Gasteiger partial charge in [0, 0.05) is 0 Å². The molecule has 0 fully saturated rings. The first-order valence-electron chi connectivity index (χ1n) is 1.25. The van der Waals surface area contributed by atoms with E-state index in [9.17, 15) is 0 Å². The maximum Gasteiger partial charge on any atom is 1.00 e. The van der Waals surface area contributed by atoms with Crippen LogP contribution in [0.15, 0.2) is 11.6 Å². The molecule has 0 N–H and O–H groups in total. The van der Waals surface area contributed by atoms with Crippen molar-refractivity contribution in [1.29, 1.82) is 0 Å². The molecule has 1 rings (SSSR count). The van der Waals surface area contributed by atoms with Crippen molar-refractivity contribution >= 4 is 23.3 Å². The summed E-state index contributed by atoms with van der Waals surface area (Å²) in [5, 5.41) is 0. The first kappa shape index (κ1) is 7.64. The maximum atomic E-state index is 2.18. The molecule has 0 unspecified atom stereocenters. The molecular weight excluding hydrogens is 140 g/mol. The monoisotopic (exact) mass is 142 g/mol. The Morgan fingerprint density at radius 2 is 2.33 bits per heavy atom. The summed E-state index contributed by atoms with van der Waals surface area (Å²) in [7, 11) is 4.47. The van der Waals surface area contributed by atoms with Gasteiger partial charge in [-0.3, -0.25) is 15.7 Å². The van der Waals surface area contributed by atoms with E-state index in [-0.39, 0.29) is 29.6 Å². The first-order chi connectivity index (χ1) is 2.50. The Bertz CT molecular complexity index is 65.3.